The number of hydrogen-bond donors (Lipinski definition) is 1. The highest BCUT2D eigenvalue weighted by Crippen LogP contribution is 2.40. The summed E-state index contributed by atoms with van der Waals surface area (Å²) in [6.07, 6.45) is -4.44. The second kappa shape index (κ2) is 6.44. The van der Waals surface area contributed by atoms with E-state index in [0.29, 0.717) is 5.02 Å². The number of alkyl halides is 3. The van der Waals surface area contributed by atoms with Gasteiger partial charge in [0.25, 0.3) is 0 Å². The van der Waals surface area contributed by atoms with Crippen molar-refractivity contribution in [3.63, 3.8) is 0 Å². The van der Waals surface area contributed by atoms with Gasteiger partial charge in [0.05, 0.1) is 6.54 Å². The topological polar surface area (TPSA) is 41.6 Å². The molecule has 1 aromatic rings. The van der Waals surface area contributed by atoms with Gasteiger partial charge in [0.1, 0.15) is 0 Å². The van der Waals surface area contributed by atoms with E-state index in [-0.39, 0.29) is 32.1 Å². The number of ether oxygens (including phenoxy) is 1. The maximum Gasteiger partial charge on any atom is 0.419 e. The molecule has 8 heteroatoms. The Kier molecular flexibility index (Phi) is 4.99. The lowest BCUT2D eigenvalue weighted by atomic mass is 9.93. The van der Waals surface area contributed by atoms with Crippen molar-refractivity contribution in [3.8, 4) is 0 Å². The van der Waals surface area contributed by atoms with Gasteiger partial charge in [0.2, 0.25) is 5.91 Å². The van der Waals surface area contributed by atoms with E-state index in [0.717, 1.165) is 12.7 Å². The molecule has 1 saturated heterocycles. The summed E-state index contributed by atoms with van der Waals surface area (Å²) < 4.78 is 43.0. The number of likely N-dealkylation sites (tertiary alicyclic amines) is 1. The molecule has 1 aliphatic heterocycles. The molecule has 1 heterocycles. The summed E-state index contributed by atoms with van der Waals surface area (Å²) in [4.78, 5) is 13.1. The van der Waals surface area contributed by atoms with Crippen LogP contribution in [0.2, 0.25) is 5.02 Å². The van der Waals surface area contributed by atoms with Crippen LogP contribution < -0.4 is 5.32 Å². The van der Waals surface area contributed by atoms with Gasteiger partial charge < -0.3 is 10.1 Å². The van der Waals surface area contributed by atoms with Crippen molar-refractivity contribution in [1.82, 2.24) is 10.2 Å². The fourth-order valence-electron chi connectivity index (χ4n) is 2.31. The first-order valence-corrected chi connectivity index (χ1v) is 6.99. The molecule has 1 amide bonds. The third-order valence-electron chi connectivity index (χ3n) is 3.67. The number of carbonyl (C=O) groups is 1. The molecule has 0 unspecified atom stereocenters. The van der Waals surface area contributed by atoms with Gasteiger partial charge in [0, 0.05) is 31.8 Å². The fourth-order valence-corrected chi connectivity index (χ4v) is 2.51. The van der Waals surface area contributed by atoms with Gasteiger partial charge >= 0.3 is 6.18 Å². The molecule has 0 bridgehead atoms. The van der Waals surface area contributed by atoms with Gasteiger partial charge in [-0.25, -0.2) is 0 Å². The molecule has 1 aliphatic rings. The van der Waals surface area contributed by atoms with E-state index in [1.807, 2.05) is 0 Å². The largest absolute Gasteiger partial charge is 0.419 e. The van der Waals surface area contributed by atoms with Crippen molar-refractivity contribution < 1.29 is 22.7 Å². The SMILES string of the molecule is COC1(C(F)(F)F)CN(CC(=O)NCc2ccccc2Cl)C1. The second-order valence-electron chi connectivity index (χ2n) is 5.21. The predicted octanol–water partition coefficient (Wildman–Crippen LogP) is 2.22. The summed E-state index contributed by atoms with van der Waals surface area (Å²) in [5, 5.41) is 3.17. The van der Waals surface area contributed by atoms with Gasteiger partial charge in [-0.05, 0) is 11.6 Å². The standard InChI is InChI=1S/C14H16ClF3N2O2/c1-22-13(14(16,17)18)8-20(9-13)7-12(21)19-6-10-4-2-3-5-11(10)15/h2-5H,6-9H2,1H3,(H,19,21). The molecule has 0 aromatic heterocycles. The van der Waals surface area contributed by atoms with Crippen LogP contribution in [0.3, 0.4) is 0 Å². The van der Waals surface area contributed by atoms with Gasteiger partial charge in [0.15, 0.2) is 5.60 Å². The van der Waals surface area contributed by atoms with Crippen molar-refractivity contribution in [2.45, 2.75) is 18.3 Å². The zero-order valence-electron chi connectivity index (χ0n) is 11.9. The Labute approximate surface area is 131 Å². The van der Waals surface area contributed by atoms with Gasteiger partial charge in [-0.2, -0.15) is 13.2 Å². The summed E-state index contributed by atoms with van der Waals surface area (Å²) in [5.41, 5.74) is -1.40. The number of methoxy groups -OCH3 is 1. The molecular formula is C14H16ClF3N2O2. The zero-order chi connectivity index (χ0) is 16.4. The Morgan fingerprint density at radius 3 is 2.59 bits per heavy atom. The van der Waals surface area contributed by atoms with E-state index in [4.69, 9.17) is 11.6 Å². The summed E-state index contributed by atoms with van der Waals surface area (Å²) in [5.74, 6) is -0.355. The normalized spacial score (nSPS) is 17.9. The van der Waals surface area contributed by atoms with Crippen LogP contribution in [0, 0.1) is 0 Å². The number of amides is 1. The Morgan fingerprint density at radius 1 is 1.41 bits per heavy atom. The molecule has 0 saturated carbocycles. The molecule has 1 fully saturated rings. The summed E-state index contributed by atoms with van der Waals surface area (Å²) in [7, 11) is 1.03. The van der Waals surface area contributed by atoms with E-state index < -0.39 is 11.8 Å². The highest BCUT2D eigenvalue weighted by atomic mass is 35.5. The van der Waals surface area contributed by atoms with Crippen LogP contribution in [0.1, 0.15) is 5.56 Å². The molecule has 1 N–H and O–H groups in total. The van der Waals surface area contributed by atoms with Crippen molar-refractivity contribution in [2.24, 2.45) is 0 Å². The maximum atomic E-state index is 12.8. The highest BCUT2D eigenvalue weighted by molar-refractivity contribution is 6.31. The predicted molar refractivity (Wildman–Crippen MR) is 75.5 cm³/mol. The van der Waals surface area contributed by atoms with Crippen LogP contribution in [-0.2, 0) is 16.1 Å². The van der Waals surface area contributed by atoms with Crippen molar-refractivity contribution in [1.29, 1.82) is 0 Å². The monoisotopic (exact) mass is 336 g/mol. The maximum absolute atomic E-state index is 12.8. The lowest BCUT2D eigenvalue weighted by molar-refractivity contribution is -0.309. The fraction of sp³-hybridized carbons (Fsp3) is 0.500. The summed E-state index contributed by atoms with van der Waals surface area (Å²) >= 11 is 5.96. The zero-order valence-corrected chi connectivity index (χ0v) is 12.7. The second-order valence-corrected chi connectivity index (χ2v) is 5.62. The molecule has 0 aliphatic carbocycles. The quantitative estimate of drug-likeness (QED) is 0.896. The number of nitrogens with one attached hydrogen (secondary N) is 1. The first-order valence-electron chi connectivity index (χ1n) is 6.62. The third kappa shape index (κ3) is 3.53. The molecule has 1 aromatic carbocycles. The van der Waals surface area contributed by atoms with Crippen LogP contribution in [0.5, 0.6) is 0 Å². The van der Waals surface area contributed by atoms with Gasteiger partial charge in [-0.1, -0.05) is 29.8 Å². The lowest BCUT2D eigenvalue weighted by Gasteiger charge is -2.49. The van der Waals surface area contributed by atoms with E-state index in [9.17, 15) is 18.0 Å². The van der Waals surface area contributed by atoms with Gasteiger partial charge in [-0.3, -0.25) is 9.69 Å². The number of halogens is 4. The number of benzene rings is 1. The molecule has 22 heavy (non-hydrogen) atoms. The molecule has 2 rings (SSSR count). The Balaban J connectivity index is 1.79. The Hall–Kier alpha value is -1.31. The van der Waals surface area contributed by atoms with Gasteiger partial charge in [-0.15, -0.1) is 0 Å². The average Bonchev–Trinajstić information content (AvgIpc) is 2.40. The van der Waals surface area contributed by atoms with Crippen LogP contribution >= 0.6 is 11.6 Å². The Morgan fingerprint density at radius 2 is 2.05 bits per heavy atom. The minimum Gasteiger partial charge on any atom is -0.366 e. The molecular weight excluding hydrogens is 321 g/mol. The highest BCUT2D eigenvalue weighted by Gasteiger charge is 2.62. The summed E-state index contributed by atoms with van der Waals surface area (Å²) in [6.45, 7) is -0.550. The number of carbonyl (C=O) groups excluding carboxylic acids is 1. The number of rotatable bonds is 5. The first kappa shape index (κ1) is 17.1. The van der Waals surface area contributed by atoms with E-state index in [2.05, 4.69) is 10.1 Å². The average molecular weight is 337 g/mol. The molecule has 0 spiro atoms. The first-order chi connectivity index (χ1) is 10.3. The molecule has 0 radical (unpaired) electrons. The van der Waals surface area contributed by atoms with Crippen LogP contribution in [0.25, 0.3) is 0 Å². The van der Waals surface area contributed by atoms with Crippen LogP contribution in [0.15, 0.2) is 24.3 Å². The molecule has 0 atom stereocenters. The van der Waals surface area contributed by atoms with Crippen LogP contribution in [0.4, 0.5) is 13.2 Å². The third-order valence-corrected chi connectivity index (χ3v) is 4.04. The number of hydrogen-bond acceptors (Lipinski definition) is 3. The molecule has 122 valence electrons. The number of nitrogens with zero attached hydrogens (tertiary/aromatic N) is 1. The Bertz CT molecular complexity index is 545. The van der Waals surface area contributed by atoms with Crippen molar-refractivity contribution in [2.75, 3.05) is 26.7 Å². The lowest BCUT2D eigenvalue weighted by Crippen LogP contribution is -2.70. The smallest absolute Gasteiger partial charge is 0.366 e. The van der Waals surface area contributed by atoms with Crippen molar-refractivity contribution >= 4 is 17.5 Å². The van der Waals surface area contributed by atoms with Crippen molar-refractivity contribution in [3.05, 3.63) is 34.9 Å². The van der Waals surface area contributed by atoms with Crippen LogP contribution in [-0.4, -0.2) is 49.3 Å². The molecule has 4 nitrogen and oxygen atoms in total. The van der Waals surface area contributed by atoms with E-state index in [1.165, 1.54) is 4.90 Å². The minimum atomic E-state index is -4.44. The minimum absolute atomic E-state index is 0.106. The van der Waals surface area contributed by atoms with E-state index in [1.54, 1.807) is 24.3 Å². The van der Waals surface area contributed by atoms with E-state index >= 15 is 0 Å². The summed E-state index contributed by atoms with van der Waals surface area (Å²) in [6, 6.07) is 7.04.